The Morgan fingerprint density at radius 1 is 0.882 bits per heavy atom. The first kappa shape index (κ1) is 20.1. The van der Waals surface area contributed by atoms with Crippen molar-refractivity contribution in [3.05, 3.63) is 76.4 Å². The van der Waals surface area contributed by atoms with Gasteiger partial charge >= 0.3 is 0 Å². The fourth-order valence-corrected chi connectivity index (χ4v) is 6.47. The molecular weight excluding hydrogens is 462 g/mol. The van der Waals surface area contributed by atoms with Crippen LogP contribution in [0.5, 0.6) is 0 Å². The molecule has 166 valence electrons. The van der Waals surface area contributed by atoms with Crippen molar-refractivity contribution in [2.75, 3.05) is 0 Å². The van der Waals surface area contributed by atoms with Crippen molar-refractivity contribution >= 4 is 49.7 Å². The normalized spacial score (nSPS) is 14.0. The van der Waals surface area contributed by atoms with E-state index in [1.165, 1.54) is 35.1 Å². The van der Waals surface area contributed by atoms with Crippen molar-refractivity contribution in [2.24, 2.45) is 0 Å². The summed E-state index contributed by atoms with van der Waals surface area (Å²) in [5.74, 6) is 0.676. The first-order valence-corrected chi connectivity index (χ1v) is 12.8. The Bertz CT molecular complexity index is 1720. The van der Waals surface area contributed by atoms with Crippen molar-refractivity contribution in [1.82, 2.24) is 24.6 Å². The third-order valence-electron chi connectivity index (χ3n) is 6.65. The zero-order chi connectivity index (χ0) is 22.6. The van der Waals surface area contributed by atoms with E-state index in [1.807, 2.05) is 58.3 Å². The molecule has 4 heterocycles. The highest BCUT2D eigenvalue weighted by Crippen LogP contribution is 2.38. The third kappa shape index (κ3) is 3.13. The Kier molecular flexibility index (Phi) is 4.64. The Morgan fingerprint density at radius 2 is 1.74 bits per heavy atom. The molecule has 0 saturated heterocycles. The number of para-hydroxylation sites is 1. The summed E-state index contributed by atoms with van der Waals surface area (Å²) < 4.78 is 1.83. The molecule has 34 heavy (non-hydrogen) atoms. The number of aryl methyl sites for hydroxylation is 2. The van der Waals surface area contributed by atoms with Crippen molar-refractivity contribution in [1.29, 1.82) is 0 Å². The van der Waals surface area contributed by atoms with Crippen LogP contribution in [-0.2, 0) is 12.8 Å². The molecule has 7 heteroatoms. The number of aromatic nitrogens is 5. The molecule has 0 aliphatic heterocycles. The second kappa shape index (κ2) is 7.86. The van der Waals surface area contributed by atoms with E-state index < -0.39 is 0 Å². The van der Waals surface area contributed by atoms with Crippen LogP contribution < -0.4 is 0 Å². The zero-order valence-electron chi connectivity index (χ0n) is 18.3. The number of fused-ring (bicyclic) bond motifs is 6. The van der Waals surface area contributed by atoms with Crippen molar-refractivity contribution in [3.63, 3.8) is 0 Å². The molecule has 0 bridgehead atoms. The van der Waals surface area contributed by atoms with E-state index in [9.17, 15) is 0 Å². The molecule has 1 aliphatic carbocycles. The molecule has 0 saturated carbocycles. The van der Waals surface area contributed by atoms with Crippen LogP contribution in [0.25, 0.3) is 49.4 Å². The number of hydrogen-bond acceptors (Lipinski definition) is 5. The van der Waals surface area contributed by atoms with Gasteiger partial charge in [0, 0.05) is 26.4 Å². The van der Waals surface area contributed by atoms with Gasteiger partial charge in [0.25, 0.3) is 0 Å². The molecule has 0 unspecified atom stereocenters. The lowest BCUT2D eigenvalue weighted by Crippen LogP contribution is -1.93. The molecule has 0 amide bonds. The van der Waals surface area contributed by atoms with Gasteiger partial charge < -0.3 is 0 Å². The minimum Gasteiger partial charge on any atom is -0.248 e. The van der Waals surface area contributed by atoms with Crippen molar-refractivity contribution < 1.29 is 0 Å². The third-order valence-corrected chi connectivity index (χ3v) is 8.18. The van der Waals surface area contributed by atoms with E-state index in [0.29, 0.717) is 10.8 Å². The lowest BCUT2D eigenvalue weighted by molar-refractivity contribution is 0.713. The average molecular weight is 482 g/mol. The fraction of sp³-hybridized carbons (Fsp3) is 0.185. The molecule has 1 aliphatic rings. The Balaban J connectivity index is 1.49. The number of benzene rings is 2. The maximum atomic E-state index is 6.52. The smallest absolute Gasteiger partial charge is 0.183 e. The fourth-order valence-electron chi connectivity index (χ4n) is 5.01. The van der Waals surface area contributed by atoms with Crippen LogP contribution in [0, 0.1) is 0 Å². The van der Waals surface area contributed by atoms with Gasteiger partial charge in [-0.1, -0.05) is 54.4 Å². The molecule has 0 spiro atoms. The number of rotatable bonds is 2. The van der Waals surface area contributed by atoms with Crippen molar-refractivity contribution in [3.8, 4) is 22.6 Å². The highest BCUT2D eigenvalue weighted by Gasteiger charge is 2.21. The van der Waals surface area contributed by atoms with Gasteiger partial charge in [-0.3, -0.25) is 0 Å². The quantitative estimate of drug-likeness (QED) is 0.246. The van der Waals surface area contributed by atoms with E-state index in [2.05, 4.69) is 12.1 Å². The highest BCUT2D eigenvalue weighted by molar-refractivity contribution is 7.19. The largest absolute Gasteiger partial charge is 0.248 e. The van der Waals surface area contributed by atoms with Crippen LogP contribution in [0.3, 0.4) is 0 Å². The summed E-state index contributed by atoms with van der Waals surface area (Å²) in [6.45, 7) is 0. The molecule has 0 N–H and O–H groups in total. The van der Waals surface area contributed by atoms with E-state index in [-0.39, 0.29) is 0 Å². The monoisotopic (exact) mass is 481 g/mol. The Labute approximate surface area is 205 Å². The molecule has 7 rings (SSSR count). The summed E-state index contributed by atoms with van der Waals surface area (Å²) in [4.78, 5) is 17.3. The van der Waals surface area contributed by atoms with Gasteiger partial charge in [-0.2, -0.15) is 0 Å². The maximum absolute atomic E-state index is 6.52. The van der Waals surface area contributed by atoms with Crippen LogP contribution in [0.15, 0.2) is 60.9 Å². The van der Waals surface area contributed by atoms with Gasteiger partial charge in [-0.05, 0) is 49.4 Å². The van der Waals surface area contributed by atoms with Gasteiger partial charge in [0.05, 0.1) is 16.6 Å². The van der Waals surface area contributed by atoms with Crippen LogP contribution in [0.2, 0.25) is 5.02 Å². The number of hydrogen-bond donors (Lipinski definition) is 0. The molecule has 4 aromatic heterocycles. The van der Waals surface area contributed by atoms with Crippen LogP contribution >= 0.6 is 22.9 Å². The minimum atomic E-state index is 0.672. The molecule has 0 radical (unpaired) electrons. The number of pyridine rings is 1. The Hall–Kier alpha value is -3.35. The lowest BCUT2D eigenvalue weighted by atomic mass is 10.0. The molecule has 6 aromatic rings. The number of thiophene rings is 1. The van der Waals surface area contributed by atoms with Gasteiger partial charge in [0.2, 0.25) is 0 Å². The van der Waals surface area contributed by atoms with Gasteiger partial charge in [-0.25, -0.2) is 19.5 Å². The molecule has 0 atom stereocenters. The minimum absolute atomic E-state index is 0.672. The predicted molar refractivity (Wildman–Crippen MR) is 139 cm³/mol. The summed E-state index contributed by atoms with van der Waals surface area (Å²) in [7, 11) is 0. The highest BCUT2D eigenvalue weighted by atomic mass is 35.5. The summed E-state index contributed by atoms with van der Waals surface area (Å²) in [5.41, 5.74) is 5.85. The van der Waals surface area contributed by atoms with Crippen LogP contribution in [0.1, 0.15) is 29.7 Å². The van der Waals surface area contributed by atoms with Crippen LogP contribution in [0.4, 0.5) is 0 Å². The van der Waals surface area contributed by atoms with E-state index in [4.69, 9.17) is 31.7 Å². The maximum Gasteiger partial charge on any atom is 0.183 e. The predicted octanol–water partition coefficient (Wildman–Crippen LogP) is 7.14. The zero-order valence-corrected chi connectivity index (χ0v) is 19.9. The summed E-state index contributed by atoms with van der Waals surface area (Å²) in [6, 6.07) is 18.0. The molecule has 5 nitrogen and oxygen atoms in total. The van der Waals surface area contributed by atoms with E-state index >= 15 is 0 Å². The molecule has 2 aromatic carbocycles. The molecule has 0 fully saturated rings. The van der Waals surface area contributed by atoms with Crippen molar-refractivity contribution in [2.45, 2.75) is 32.1 Å². The lowest BCUT2D eigenvalue weighted by Gasteiger charge is -2.09. The second-order valence-electron chi connectivity index (χ2n) is 8.74. The van der Waals surface area contributed by atoms with E-state index in [0.717, 1.165) is 51.0 Å². The SMILES string of the molecule is Clc1ccccc1-c1cc(-c2nc3c4c5c(sc4ncn3n2)CCCCC5)c2ccccc2n1. The summed E-state index contributed by atoms with van der Waals surface area (Å²) in [6.07, 6.45) is 7.78. The first-order valence-electron chi connectivity index (χ1n) is 11.6. The van der Waals surface area contributed by atoms with Gasteiger partial charge in [0.1, 0.15) is 11.2 Å². The first-order chi connectivity index (χ1) is 16.8. The standard InChI is InChI=1S/C27H20ClN5S/c28-20-11-6-4-9-17(20)22-14-19(16-8-5-7-12-21(16)30-22)25-31-26-24-18-10-2-1-3-13-23(18)34-27(24)29-15-33(26)32-25/h4-9,11-12,14-15H,1-3,10,13H2. The average Bonchev–Trinajstić information content (AvgIpc) is 3.37. The van der Waals surface area contributed by atoms with E-state index in [1.54, 1.807) is 6.33 Å². The van der Waals surface area contributed by atoms with Crippen LogP contribution in [-0.4, -0.2) is 24.6 Å². The summed E-state index contributed by atoms with van der Waals surface area (Å²) >= 11 is 8.34. The summed E-state index contributed by atoms with van der Waals surface area (Å²) in [5, 5.41) is 7.74. The topological polar surface area (TPSA) is 56.0 Å². The van der Waals surface area contributed by atoms with Gasteiger partial charge in [0.15, 0.2) is 11.5 Å². The number of halogens is 1. The van der Waals surface area contributed by atoms with Gasteiger partial charge in [-0.15, -0.1) is 16.4 Å². The Morgan fingerprint density at radius 3 is 2.68 bits per heavy atom. The number of nitrogens with zero attached hydrogens (tertiary/aromatic N) is 5. The second-order valence-corrected chi connectivity index (χ2v) is 10.2. The molecular formula is C27H20ClN5S.